The highest BCUT2D eigenvalue weighted by atomic mass is 32.1. The molecule has 0 saturated heterocycles. The van der Waals surface area contributed by atoms with E-state index in [1.165, 1.54) is 11.3 Å². The Morgan fingerprint density at radius 3 is 2.64 bits per heavy atom. The van der Waals surface area contributed by atoms with Crippen LogP contribution in [0.2, 0.25) is 0 Å². The van der Waals surface area contributed by atoms with Gasteiger partial charge in [0, 0.05) is 18.5 Å². The van der Waals surface area contributed by atoms with Crippen molar-refractivity contribution in [1.29, 1.82) is 0 Å². The molecule has 0 aliphatic heterocycles. The minimum Gasteiger partial charge on any atom is -0.352 e. The van der Waals surface area contributed by atoms with Gasteiger partial charge in [-0.25, -0.2) is 0 Å². The number of hydrogen-bond acceptors (Lipinski definition) is 7. The number of amides is 1. The van der Waals surface area contributed by atoms with Crippen LogP contribution >= 0.6 is 11.3 Å². The Kier molecular flexibility index (Phi) is 5.20. The molecule has 2 aromatic carbocycles. The second kappa shape index (κ2) is 8.10. The van der Waals surface area contributed by atoms with Crippen molar-refractivity contribution < 1.29 is 9.32 Å². The summed E-state index contributed by atoms with van der Waals surface area (Å²) in [6.07, 6.45) is 0.637. The summed E-state index contributed by atoms with van der Waals surface area (Å²) < 4.78 is 5.41. The van der Waals surface area contributed by atoms with E-state index in [1.807, 2.05) is 43.3 Å². The van der Waals surface area contributed by atoms with Crippen LogP contribution in [0.5, 0.6) is 0 Å². The SMILES string of the molecule is Cc1nnc(CCNC(=O)c2ccccc2-c2nc(-c3ccccc3)no2)s1. The van der Waals surface area contributed by atoms with E-state index < -0.39 is 0 Å². The van der Waals surface area contributed by atoms with E-state index in [0.29, 0.717) is 35.8 Å². The first kappa shape index (κ1) is 18.0. The third-order valence-electron chi connectivity index (χ3n) is 4.05. The molecule has 0 saturated carbocycles. The number of nitrogens with zero attached hydrogens (tertiary/aromatic N) is 4. The summed E-state index contributed by atoms with van der Waals surface area (Å²) in [6, 6.07) is 16.7. The Balaban J connectivity index is 1.50. The van der Waals surface area contributed by atoms with E-state index in [1.54, 1.807) is 18.2 Å². The summed E-state index contributed by atoms with van der Waals surface area (Å²) in [7, 11) is 0. The fraction of sp³-hybridized carbons (Fsp3) is 0.150. The van der Waals surface area contributed by atoms with Gasteiger partial charge in [0.2, 0.25) is 5.82 Å². The topological polar surface area (TPSA) is 93.8 Å². The Bertz CT molecular complexity index is 1090. The van der Waals surface area contributed by atoms with Crippen LogP contribution in [0.15, 0.2) is 59.1 Å². The summed E-state index contributed by atoms with van der Waals surface area (Å²) in [5, 5.41) is 16.8. The number of aromatic nitrogens is 4. The van der Waals surface area contributed by atoms with Crippen molar-refractivity contribution in [3.8, 4) is 22.8 Å². The van der Waals surface area contributed by atoms with Gasteiger partial charge in [-0.3, -0.25) is 4.79 Å². The summed E-state index contributed by atoms with van der Waals surface area (Å²) in [6.45, 7) is 2.38. The molecule has 8 heteroatoms. The highest BCUT2D eigenvalue weighted by Crippen LogP contribution is 2.25. The number of nitrogens with one attached hydrogen (secondary N) is 1. The van der Waals surface area contributed by atoms with Crippen LogP contribution < -0.4 is 5.32 Å². The molecule has 4 rings (SSSR count). The molecule has 1 N–H and O–H groups in total. The van der Waals surface area contributed by atoms with Crippen LogP contribution in [0, 0.1) is 6.92 Å². The quantitative estimate of drug-likeness (QED) is 0.540. The van der Waals surface area contributed by atoms with Crippen LogP contribution in [0.3, 0.4) is 0 Å². The first-order valence-electron chi connectivity index (χ1n) is 8.76. The number of carbonyl (C=O) groups is 1. The summed E-state index contributed by atoms with van der Waals surface area (Å²) >= 11 is 1.53. The zero-order chi connectivity index (χ0) is 19.3. The Labute approximate surface area is 165 Å². The highest BCUT2D eigenvalue weighted by Gasteiger charge is 2.18. The maximum Gasteiger partial charge on any atom is 0.259 e. The second-order valence-corrected chi connectivity index (χ2v) is 7.32. The fourth-order valence-electron chi connectivity index (χ4n) is 2.72. The fourth-order valence-corrected chi connectivity index (χ4v) is 3.43. The van der Waals surface area contributed by atoms with E-state index in [4.69, 9.17) is 4.52 Å². The van der Waals surface area contributed by atoms with Crippen LogP contribution in [0.4, 0.5) is 0 Å². The molecule has 7 nitrogen and oxygen atoms in total. The third-order valence-corrected chi connectivity index (χ3v) is 4.95. The van der Waals surface area contributed by atoms with Crippen molar-refractivity contribution >= 4 is 17.2 Å². The number of carbonyl (C=O) groups excluding carboxylic acids is 1. The number of aryl methyl sites for hydroxylation is 1. The molecule has 4 aromatic rings. The lowest BCUT2D eigenvalue weighted by Gasteiger charge is -2.07. The number of hydrogen-bond donors (Lipinski definition) is 1. The van der Waals surface area contributed by atoms with Crippen molar-refractivity contribution in [2.75, 3.05) is 6.54 Å². The summed E-state index contributed by atoms with van der Waals surface area (Å²) in [5.41, 5.74) is 1.94. The monoisotopic (exact) mass is 391 g/mol. The molecule has 140 valence electrons. The van der Waals surface area contributed by atoms with Crippen molar-refractivity contribution in [2.45, 2.75) is 13.3 Å². The van der Waals surface area contributed by atoms with Gasteiger partial charge in [0.15, 0.2) is 0 Å². The summed E-state index contributed by atoms with van der Waals surface area (Å²) in [5.74, 6) is 0.595. The van der Waals surface area contributed by atoms with Crippen LogP contribution in [0.1, 0.15) is 20.4 Å². The molecule has 0 aliphatic carbocycles. The molecule has 2 heterocycles. The number of benzene rings is 2. The third kappa shape index (κ3) is 3.96. The van der Waals surface area contributed by atoms with Gasteiger partial charge in [-0.1, -0.05) is 47.6 Å². The van der Waals surface area contributed by atoms with Gasteiger partial charge in [0.25, 0.3) is 11.8 Å². The lowest BCUT2D eigenvalue weighted by atomic mass is 10.1. The molecular formula is C20H17N5O2S. The predicted octanol–water partition coefficient (Wildman–Crippen LogP) is 3.54. The predicted molar refractivity (Wildman–Crippen MR) is 106 cm³/mol. The van der Waals surface area contributed by atoms with Crippen molar-refractivity contribution in [1.82, 2.24) is 25.7 Å². The van der Waals surface area contributed by atoms with E-state index in [-0.39, 0.29) is 5.91 Å². The molecule has 0 unspecified atom stereocenters. The largest absolute Gasteiger partial charge is 0.352 e. The first-order chi connectivity index (χ1) is 13.7. The molecule has 0 radical (unpaired) electrons. The molecule has 0 bridgehead atoms. The Morgan fingerprint density at radius 2 is 1.86 bits per heavy atom. The second-order valence-electron chi connectivity index (χ2n) is 6.06. The van der Waals surface area contributed by atoms with Crippen molar-refractivity contribution in [3.05, 3.63) is 70.2 Å². The Morgan fingerprint density at radius 1 is 1.07 bits per heavy atom. The lowest BCUT2D eigenvalue weighted by molar-refractivity contribution is 0.0954. The lowest BCUT2D eigenvalue weighted by Crippen LogP contribution is -2.26. The smallest absolute Gasteiger partial charge is 0.259 e. The summed E-state index contributed by atoms with van der Waals surface area (Å²) in [4.78, 5) is 17.1. The first-order valence-corrected chi connectivity index (χ1v) is 9.58. The molecule has 0 aliphatic rings. The van der Waals surface area contributed by atoms with Crippen LogP contribution in [-0.4, -0.2) is 32.8 Å². The van der Waals surface area contributed by atoms with Gasteiger partial charge in [-0.05, 0) is 19.1 Å². The van der Waals surface area contributed by atoms with Crippen molar-refractivity contribution in [2.24, 2.45) is 0 Å². The van der Waals surface area contributed by atoms with Gasteiger partial charge in [-0.15, -0.1) is 21.5 Å². The van der Waals surface area contributed by atoms with E-state index in [9.17, 15) is 4.79 Å². The normalized spacial score (nSPS) is 10.8. The molecule has 1 amide bonds. The van der Waals surface area contributed by atoms with Gasteiger partial charge in [-0.2, -0.15) is 4.98 Å². The van der Waals surface area contributed by atoms with Crippen LogP contribution in [-0.2, 0) is 6.42 Å². The zero-order valence-corrected chi connectivity index (χ0v) is 15.9. The van der Waals surface area contributed by atoms with Crippen molar-refractivity contribution in [3.63, 3.8) is 0 Å². The van der Waals surface area contributed by atoms with E-state index in [2.05, 4.69) is 25.7 Å². The van der Waals surface area contributed by atoms with E-state index in [0.717, 1.165) is 15.6 Å². The highest BCUT2D eigenvalue weighted by molar-refractivity contribution is 7.11. The Hall–Kier alpha value is -3.39. The maximum absolute atomic E-state index is 12.7. The molecule has 0 atom stereocenters. The standard InChI is InChI=1S/C20H17N5O2S/c1-13-23-24-17(28-13)11-12-21-19(26)15-9-5-6-10-16(15)20-22-18(25-27-20)14-7-3-2-4-8-14/h2-10H,11-12H2,1H3,(H,21,26). The minimum absolute atomic E-state index is 0.198. The van der Waals surface area contributed by atoms with Gasteiger partial charge < -0.3 is 9.84 Å². The van der Waals surface area contributed by atoms with E-state index >= 15 is 0 Å². The molecule has 0 spiro atoms. The molecule has 0 fully saturated rings. The van der Waals surface area contributed by atoms with Gasteiger partial charge in [0.05, 0.1) is 11.1 Å². The average molecular weight is 391 g/mol. The zero-order valence-electron chi connectivity index (χ0n) is 15.1. The van der Waals surface area contributed by atoms with Gasteiger partial charge >= 0.3 is 0 Å². The minimum atomic E-state index is -0.198. The maximum atomic E-state index is 12.7. The number of rotatable bonds is 6. The van der Waals surface area contributed by atoms with Gasteiger partial charge in [0.1, 0.15) is 10.0 Å². The van der Waals surface area contributed by atoms with Crippen LogP contribution in [0.25, 0.3) is 22.8 Å². The molecular weight excluding hydrogens is 374 g/mol. The molecule has 28 heavy (non-hydrogen) atoms. The average Bonchev–Trinajstić information content (AvgIpc) is 3.38. The molecule has 2 aromatic heterocycles.